The van der Waals surface area contributed by atoms with Gasteiger partial charge in [0.05, 0.1) is 19.8 Å². The first-order valence-corrected chi connectivity index (χ1v) is 8.95. The summed E-state index contributed by atoms with van der Waals surface area (Å²) in [7, 11) is 3.11. The molecule has 0 fully saturated rings. The molecule has 1 atom stereocenters. The predicted octanol–water partition coefficient (Wildman–Crippen LogP) is 2.54. The Balaban J connectivity index is 2.13. The van der Waals surface area contributed by atoms with Gasteiger partial charge in [-0.05, 0) is 18.2 Å². The van der Waals surface area contributed by atoms with Crippen LogP contribution in [0.4, 0.5) is 5.82 Å². The summed E-state index contributed by atoms with van der Waals surface area (Å²) in [4.78, 5) is 32.1. The van der Waals surface area contributed by atoms with Crippen molar-refractivity contribution in [3.05, 3.63) is 52.3 Å². The lowest BCUT2D eigenvalue weighted by molar-refractivity contribution is -0.116. The minimum Gasteiger partial charge on any atom is -0.497 e. The zero-order valence-corrected chi connectivity index (χ0v) is 15.3. The molecule has 8 heteroatoms. The van der Waals surface area contributed by atoms with Crippen LogP contribution in [0.15, 0.2) is 40.8 Å². The molecule has 2 aromatic rings. The first kappa shape index (κ1) is 18.1. The number of methoxy groups -OCH3 is 2. The number of amides is 1. The average Bonchev–Trinajstić information content (AvgIpc) is 2.64. The molecule has 26 heavy (non-hydrogen) atoms. The summed E-state index contributed by atoms with van der Waals surface area (Å²) in [6.07, 6.45) is 1.84. The number of hydrogen-bond acceptors (Lipinski definition) is 6. The topological polar surface area (TPSA) is 93.3 Å². The largest absolute Gasteiger partial charge is 0.497 e. The molecule has 0 saturated carbocycles. The number of fused-ring (bicyclic) bond motifs is 1. The number of H-pyrrole nitrogens is 1. The third kappa shape index (κ3) is 3.45. The van der Waals surface area contributed by atoms with Crippen molar-refractivity contribution < 1.29 is 14.3 Å². The number of anilines is 1. The Bertz CT molecular complexity index is 910. The van der Waals surface area contributed by atoms with Crippen molar-refractivity contribution in [2.24, 2.45) is 0 Å². The molecule has 0 bridgehead atoms. The predicted molar refractivity (Wildman–Crippen MR) is 100 cm³/mol. The Morgan fingerprint density at radius 1 is 1.35 bits per heavy atom. The molecule has 2 heterocycles. The highest BCUT2D eigenvalue weighted by molar-refractivity contribution is 7.99. The van der Waals surface area contributed by atoms with Gasteiger partial charge >= 0.3 is 0 Å². The SMILES string of the molecule is C=CCSc1nc2c(c(=O)[nH]1)[C@H](c1cc(OC)ccc1OC)CC(=O)N2. The third-order valence-electron chi connectivity index (χ3n) is 4.08. The standard InChI is InChI=1S/C18H19N3O4S/c1-4-7-26-18-20-16-15(17(23)21-18)12(9-14(22)19-16)11-8-10(24-2)5-6-13(11)25-3/h4-6,8,12H,1,7,9H2,2-3H3,(H2,19,20,21,22,23)/t12-/m0/s1. The van der Waals surface area contributed by atoms with E-state index in [0.29, 0.717) is 33.5 Å². The Morgan fingerprint density at radius 2 is 2.15 bits per heavy atom. The van der Waals surface area contributed by atoms with Crippen LogP contribution < -0.4 is 20.3 Å². The van der Waals surface area contributed by atoms with E-state index < -0.39 is 5.92 Å². The number of benzene rings is 1. The number of aromatic amines is 1. The highest BCUT2D eigenvalue weighted by Gasteiger charge is 2.33. The zero-order valence-electron chi connectivity index (χ0n) is 14.5. The monoisotopic (exact) mass is 373 g/mol. The van der Waals surface area contributed by atoms with Crippen LogP contribution >= 0.6 is 11.8 Å². The molecular weight excluding hydrogens is 354 g/mol. The van der Waals surface area contributed by atoms with Crippen molar-refractivity contribution in [2.75, 3.05) is 25.3 Å². The molecule has 0 spiro atoms. The quantitative estimate of drug-likeness (QED) is 0.459. The number of rotatable bonds is 6. The Kier molecular flexibility index (Phi) is 5.32. The van der Waals surface area contributed by atoms with Crippen molar-refractivity contribution in [1.29, 1.82) is 0 Å². The Labute approximate surface area is 154 Å². The van der Waals surface area contributed by atoms with Gasteiger partial charge in [-0.25, -0.2) is 4.98 Å². The van der Waals surface area contributed by atoms with E-state index >= 15 is 0 Å². The van der Waals surface area contributed by atoms with Crippen molar-refractivity contribution in [3.63, 3.8) is 0 Å². The lowest BCUT2D eigenvalue weighted by Gasteiger charge is -2.26. The van der Waals surface area contributed by atoms with Gasteiger partial charge in [-0.3, -0.25) is 9.59 Å². The van der Waals surface area contributed by atoms with Crippen molar-refractivity contribution in [1.82, 2.24) is 9.97 Å². The minimum absolute atomic E-state index is 0.125. The third-order valence-corrected chi connectivity index (χ3v) is 4.95. The van der Waals surface area contributed by atoms with Crippen LogP contribution in [0.5, 0.6) is 11.5 Å². The molecule has 1 aromatic heterocycles. The van der Waals surface area contributed by atoms with Gasteiger partial charge in [0, 0.05) is 23.7 Å². The molecule has 0 aliphatic carbocycles. The van der Waals surface area contributed by atoms with Crippen LogP contribution in [0, 0.1) is 0 Å². The van der Waals surface area contributed by atoms with Crippen molar-refractivity contribution in [3.8, 4) is 11.5 Å². The molecule has 136 valence electrons. The lowest BCUT2D eigenvalue weighted by atomic mass is 9.86. The average molecular weight is 373 g/mol. The first-order chi connectivity index (χ1) is 12.6. The molecule has 1 amide bonds. The number of nitrogens with zero attached hydrogens (tertiary/aromatic N) is 1. The fourth-order valence-corrected chi connectivity index (χ4v) is 3.53. The Hall–Kier alpha value is -2.74. The van der Waals surface area contributed by atoms with E-state index in [4.69, 9.17) is 9.47 Å². The number of thioether (sulfide) groups is 1. The van der Waals surface area contributed by atoms with Crippen molar-refractivity contribution in [2.45, 2.75) is 17.5 Å². The number of carbonyl (C=O) groups excluding carboxylic acids is 1. The summed E-state index contributed by atoms with van der Waals surface area (Å²) in [5.74, 6) is 1.41. The smallest absolute Gasteiger partial charge is 0.257 e. The van der Waals surface area contributed by atoms with Gasteiger partial charge in [0.2, 0.25) is 5.91 Å². The van der Waals surface area contributed by atoms with E-state index in [1.54, 1.807) is 38.5 Å². The molecule has 2 N–H and O–H groups in total. The zero-order chi connectivity index (χ0) is 18.7. The van der Waals surface area contributed by atoms with E-state index in [1.165, 1.54) is 11.8 Å². The second-order valence-electron chi connectivity index (χ2n) is 5.65. The number of hydrogen-bond donors (Lipinski definition) is 2. The van der Waals surface area contributed by atoms with Crippen LogP contribution in [-0.2, 0) is 4.79 Å². The minimum atomic E-state index is -0.474. The Morgan fingerprint density at radius 3 is 2.85 bits per heavy atom. The molecule has 3 rings (SSSR count). The fourth-order valence-electron chi connectivity index (χ4n) is 2.93. The first-order valence-electron chi connectivity index (χ1n) is 7.97. The molecule has 7 nitrogen and oxygen atoms in total. The summed E-state index contributed by atoms with van der Waals surface area (Å²) in [6, 6.07) is 5.31. The maximum atomic E-state index is 12.7. The highest BCUT2D eigenvalue weighted by Crippen LogP contribution is 2.40. The van der Waals surface area contributed by atoms with E-state index in [2.05, 4.69) is 21.9 Å². The van der Waals surface area contributed by atoms with E-state index in [-0.39, 0.29) is 23.7 Å². The summed E-state index contributed by atoms with van der Waals surface area (Å²) < 4.78 is 10.7. The van der Waals surface area contributed by atoms with Crippen LogP contribution in [-0.4, -0.2) is 35.8 Å². The molecule has 1 aliphatic heterocycles. The normalized spacial score (nSPS) is 15.8. The van der Waals surface area contributed by atoms with E-state index in [9.17, 15) is 9.59 Å². The van der Waals surface area contributed by atoms with Gasteiger partial charge in [0.25, 0.3) is 5.56 Å². The fraction of sp³-hybridized carbons (Fsp3) is 0.278. The van der Waals surface area contributed by atoms with Crippen molar-refractivity contribution >= 4 is 23.5 Å². The van der Waals surface area contributed by atoms with Gasteiger partial charge in [-0.1, -0.05) is 17.8 Å². The van der Waals surface area contributed by atoms with Gasteiger partial charge in [-0.2, -0.15) is 0 Å². The second kappa shape index (κ2) is 7.65. The maximum Gasteiger partial charge on any atom is 0.257 e. The van der Waals surface area contributed by atoms with Crippen LogP contribution in [0.2, 0.25) is 0 Å². The van der Waals surface area contributed by atoms with Gasteiger partial charge in [0.15, 0.2) is 5.16 Å². The second-order valence-corrected chi connectivity index (χ2v) is 6.65. The van der Waals surface area contributed by atoms with Crippen LogP contribution in [0.25, 0.3) is 0 Å². The van der Waals surface area contributed by atoms with Gasteiger partial charge < -0.3 is 19.8 Å². The lowest BCUT2D eigenvalue weighted by Crippen LogP contribution is -2.31. The molecular formula is C18H19N3O4S. The van der Waals surface area contributed by atoms with E-state index in [1.807, 2.05) is 0 Å². The van der Waals surface area contributed by atoms with E-state index in [0.717, 1.165) is 0 Å². The molecule has 0 unspecified atom stereocenters. The number of aromatic nitrogens is 2. The van der Waals surface area contributed by atoms with Gasteiger partial charge in [0.1, 0.15) is 17.3 Å². The van der Waals surface area contributed by atoms with Gasteiger partial charge in [-0.15, -0.1) is 6.58 Å². The summed E-state index contributed by atoms with van der Waals surface area (Å²) >= 11 is 1.34. The van der Waals surface area contributed by atoms with Crippen LogP contribution in [0.1, 0.15) is 23.5 Å². The number of carbonyl (C=O) groups is 1. The maximum absolute atomic E-state index is 12.7. The molecule has 0 radical (unpaired) electrons. The summed E-state index contributed by atoms with van der Waals surface area (Å²) in [5, 5.41) is 3.14. The highest BCUT2D eigenvalue weighted by atomic mass is 32.2. The molecule has 1 aliphatic rings. The number of nitrogens with one attached hydrogen (secondary N) is 2. The summed E-state index contributed by atoms with van der Waals surface area (Å²) in [5.41, 5.74) is 0.845. The molecule has 0 saturated heterocycles. The summed E-state index contributed by atoms with van der Waals surface area (Å²) in [6.45, 7) is 3.65. The molecule has 1 aromatic carbocycles. The number of ether oxygens (including phenoxy) is 2. The van der Waals surface area contributed by atoms with Crippen LogP contribution in [0.3, 0.4) is 0 Å².